The molecule has 0 spiro atoms. The minimum Gasteiger partial charge on any atom is -0.378 e. The van der Waals surface area contributed by atoms with E-state index in [0.717, 1.165) is 36.5 Å². The third-order valence-corrected chi connectivity index (χ3v) is 4.44. The van der Waals surface area contributed by atoms with Crippen LogP contribution in [-0.4, -0.2) is 37.2 Å². The number of anilines is 2. The molecule has 1 fully saturated rings. The van der Waals surface area contributed by atoms with Crippen LogP contribution in [0.4, 0.5) is 10.8 Å². The van der Waals surface area contributed by atoms with Crippen LogP contribution in [0.3, 0.4) is 0 Å². The van der Waals surface area contributed by atoms with Gasteiger partial charge in [-0.2, -0.15) is 0 Å². The lowest BCUT2D eigenvalue weighted by Crippen LogP contribution is -2.36. The molecule has 0 unspecified atom stereocenters. The topological polar surface area (TPSA) is 54.5 Å². The highest BCUT2D eigenvalue weighted by Gasteiger charge is 2.14. The van der Waals surface area contributed by atoms with Gasteiger partial charge in [0, 0.05) is 24.7 Å². The molecule has 0 saturated carbocycles. The lowest BCUT2D eigenvalue weighted by Gasteiger charge is -2.28. The van der Waals surface area contributed by atoms with E-state index in [4.69, 9.17) is 4.74 Å². The molecule has 0 bridgehead atoms. The molecule has 2 heterocycles. The smallest absolute Gasteiger partial charge is 0.228 e. The zero-order chi connectivity index (χ0) is 14.8. The van der Waals surface area contributed by atoms with Gasteiger partial charge in [-0.1, -0.05) is 25.2 Å². The fourth-order valence-corrected chi connectivity index (χ4v) is 3.14. The summed E-state index contributed by atoms with van der Waals surface area (Å²) in [5.74, 6) is -0.0385. The molecule has 1 aromatic heterocycles. The maximum atomic E-state index is 11.7. The predicted octanol–water partition coefficient (Wildman–Crippen LogP) is 2.73. The molecule has 0 atom stereocenters. The number of benzene rings is 1. The number of ether oxygens (including phenoxy) is 1. The Bertz CT molecular complexity index is 647. The Morgan fingerprint density at radius 3 is 2.86 bits per heavy atom. The van der Waals surface area contributed by atoms with Crippen LogP contribution in [-0.2, 0) is 9.53 Å². The van der Waals surface area contributed by atoms with E-state index in [-0.39, 0.29) is 11.8 Å². The van der Waals surface area contributed by atoms with E-state index in [1.165, 1.54) is 17.0 Å². The van der Waals surface area contributed by atoms with Crippen LogP contribution >= 0.6 is 11.3 Å². The van der Waals surface area contributed by atoms with E-state index in [1.807, 2.05) is 19.9 Å². The van der Waals surface area contributed by atoms with Crippen molar-refractivity contribution in [1.29, 1.82) is 0 Å². The van der Waals surface area contributed by atoms with Gasteiger partial charge in [0.15, 0.2) is 5.13 Å². The monoisotopic (exact) mass is 305 g/mol. The second-order valence-corrected chi connectivity index (χ2v) is 6.45. The summed E-state index contributed by atoms with van der Waals surface area (Å²) in [5, 5.41) is 3.53. The van der Waals surface area contributed by atoms with Gasteiger partial charge in [0.2, 0.25) is 5.91 Å². The molecule has 1 saturated heterocycles. The van der Waals surface area contributed by atoms with Crippen molar-refractivity contribution in [2.45, 2.75) is 13.8 Å². The van der Waals surface area contributed by atoms with Gasteiger partial charge in [-0.25, -0.2) is 4.98 Å². The predicted molar refractivity (Wildman–Crippen MR) is 86.1 cm³/mol. The number of fused-ring (bicyclic) bond motifs is 1. The molecule has 21 heavy (non-hydrogen) atoms. The number of nitrogens with zero attached hydrogens (tertiary/aromatic N) is 2. The van der Waals surface area contributed by atoms with Gasteiger partial charge >= 0.3 is 0 Å². The van der Waals surface area contributed by atoms with Crippen LogP contribution < -0.4 is 10.2 Å². The van der Waals surface area contributed by atoms with Crippen LogP contribution in [0, 0.1) is 5.92 Å². The summed E-state index contributed by atoms with van der Waals surface area (Å²) < 4.78 is 6.48. The number of carbonyl (C=O) groups is 1. The summed E-state index contributed by atoms with van der Waals surface area (Å²) in [5.41, 5.74) is 2.12. The average molecular weight is 305 g/mol. The maximum Gasteiger partial charge on any atom is 0.228 e. The van der Waals surface area contributed by atoms with Gasteiger partial charge in [-0.3, -0.25) is 4.79 Å². The summed E-state index contributed by atoms with van der Waals surface area (Å²) in [6.07, 6.45) is 0. The third-order valence-electron chi connectivity index (χ3n) is 3.50. The summed E-state index contributed by atoms with van der Waals surface area (Å²) >= 11 is 1.52. The number of nitrogens with one attached hydrogen (secondary N) is 1. The van der Waals surface area contributed by atoms with Crippen molar-refractivity contribution in [3.8, 4) is 0 Å². The van der Waals surface area contributed by atoms with Crippen molar-refractivity contribution >= 4 is 38.3 Å². The van der Waals surface area contributed by atoms with Gasteiger partial charge in [-0.15, -0.1) is 0 Å². The molecule has 1 aliphatic heterocycles. The number of hydrogen-bond donors (Lipinski definition) is 1. The molecule has 6 heteroatoms. The lowest BCUT2D eigenvalue weighted by molar-refractivity contribution is -0.118. The molecule has 1 aliphatic rings. The first-order valence-corrected chi connectivity index (χ1v) is 7.99. The minimum atomic E-state index is -0.0408. The van der Waals surface area contributed by atoms with Crippen LogP contribution in [0.2, 0.25) is 0 Å². The number of amides is 1. The number of carbonyl (C=O) groups excluding carboxylic acids is 1. The Kier molecular flexibility index (Phi) is 4.07. The molecular formula is C15H19N3O2S. The number of thiazole rings is 1. The van der Waals surface area contributed by atoms with Gasteiger partial charge in [0.1, 0.15) is 0 Å². The molecule has 5 nitrogen and oxygen atoms in total. The first-order chi connectivity index (χ1) is 10.1. The van der Waals surface area contributed by atoms with Gasteiger partial charge in [0.05, 0.1) is 23.4 Å². The highest BCUT2D eigenvalue weighted by molar-refractivity contribution is 7.22. The van der Waals surface area contributed by atoms with Gasteiger partial charge in [-0.05, 0) is 18.2 Å². The quantitative estimate of drug-likeness (QED) is 0.947. The lowest BCUT2D eigenvalue weighted by atomic mass is 10.2. The van der Waals surface area contributed by atoms with E-state index < -0.39 is 0 Å². The van der Waals surface area contributed by atoms with Gasteiger partial charge in [0.25, 0.3) is 0 Å². The van der Waals surface area contributed by atoms with Crippen LogP contribution in [0.1, 0.15) is 13.8 Å². The molecule has 2 aromatic rings. The number of aromatic nitrogens is 1. The molecule has 0 radical (unpaired) electrons. The first-order valence-electron chi connectivity index (χ1n) is 7.17. The van der Waals surface area contributed by atoms with E-state index >= 15 is 0 Å². The largest absolute Gasteiger partial charge is 0.378 e. The summed E-state index contributed by atoms with van der Waals surface area (Å²) in [6.45, 7) is 7.13. The van der Waals surface area contributed by atoms with Crippen molar-refractivity contribution in [2.24, 2.45) is 5.92 Å². The maximum absolute atomic E-state index is 11.7. The Balaban J connectivity index is 1.82. The number of rotatable bonds is 3. The summed E-state index contributed by atoms with van der Waals surface area (Å²) in [7, 11) is 0. The highest BCUT2D eigenvalue weighted by atomic mass is 32.1. The first kappa shape index (κ1) is 14.3. The molecule has 3 rings (SSSR count). The highest BCUT2D eigenvalue weighted by Crippen LogP contribution is 2.30. The zero-order valence-electron chi connectivity index (χ0n) is 12.3. The molecule has 1 N–H and O–H groups in total. The summed E-state index contributed by atoms with van der Waals surface area (Å²) in [6, 6.07) is 6.24. The Morgan fingerprint density at radius 1 is 1.38 bits per heavy atom. The van der Waals surface area contributed by atoms with Crippen molar-refractivity contribution < 1.29 is 9.53 Å². The molecule has 112 valence electrons. The van der Waals surface area contributed by atoms with E-state index in [1.54, 1.807) is 0 Å². The molecule has 1 aromatic carbocycles. The third kappa shape index (κ3) is 3.16. The van der Waals surface area contributed by atoms with Crippen LogP contribution in [0.25, 0.3) is 10.2 Å². The zero-order valence-corrected chi connectivity index (χ0v) is 13.1. The van der Waals surface area contributed by atoms with E-state index in [0.29, 0.717) is 5.13 Å². The normalized spacial score (nSPS) is 15.7. The fraction of sp³-hybridized carbons (Fsp3) is 0.467. The SMILES string of the molecule is CC(C)C(=O)Nc1nc2ccc(N3CCOCC3)cc2s1. The van der Waals surface area contributed by atoms with Crippen molar-refractivity contribution in [2.75, 3.05) is 36.5 Å². The minimum absolute atomic E-state index is 0.00228. The number of hydrogen-bond acceptors (Lipinski definition) is 5. The molecular weight excluding hydrogens is 286 g/mol. The Hall–Kier alpha value is -1.66. The van der Waals surface area contributed by atoms with Crippen molar-refractivity contribution in [3.05, 3.63) is 18.2 Å². The van der Waals surface area contributed by atoms with Crippen LogP contribution in [0.15, 0.2) is 18.2 Å². The number of morpholine rings is 1. The van der Waals surface area contributed by atoms with Gasteiger partial charge < -0.3 is 15.0 Å². The standard InChI is InChI=1S/C15H19N3O2S/c1-10(2)14(19)17-15-16-12-4-3-11(9-13(12)21-15)18-5-7-20-8-6-18/h3-4,9-10H,5-8H2,1-2H3,(H,16,17,19). The second-order valence-electron chi connectivity index (χ2n) is 5.41. The van der Waals surface area contributed by atoms with Crippen LogP contribution in [0.5, 0.6) is 0 Å². The second kappa shape index (κ2) is 5.99. The molecule has 1 amide bonds. The fourth-order valence-electron chi connectivity index (χ4n) is 2.23. The van der Waals surface area contributed by atoms with Crippen molar-refractivity contribution in [1.82, 2.24) is 4.98 Å². The molecule has 0 aliphatic carbocycles. The Morgan fingerprint density at radius 2 is 2.14 bits per heavy atom. The average Bonchev–Trinajstić information content (AvgIpc) is 2.89. The van der Waals surface area contributed by atoms with E-state index in [9.17, 15) is 4.79 Å². The Labute approximate surface area is 127 Å². The van der Waals surface area contributed by atoms with Crippen molar-refractivity contribution in [3.63, 3.8) is 0 Å². The summed E-state index contributed by atoms with van der Waals surface area (Å²) in [4.78, 5) is 18.5. The van der Waals surface area contributed by atoms with E-state index in [2.05, 4.69) is 27.3 Å².